The van der Waals surface area contributed by atoms with Gasteiger partial charge in [0.15, 0.2) is 0 Å². The summed E-state index contributed by atoms with van der Waals surface area (Å²) in [5, 5.41) is 0. The maximum Gasteiger partial charge on any atom is 0.140 e. The number of aryl methyl sites for hydroxylation is 1. The van der Waals surface area contributed by atoms with Gasteiger partial charge in [-0.15, -0.1) is 0 Å². The van der Waals surface area contributed by atoms with Crippen molar-refractivity contribution >= 4 is 11.6 Å². The van der Waals surface area contributed by atoms with Gasteiger partial charge in [0.2, 0.25) is 0 Å². The number of rotatable bonds is 1. The van der Waals surface area contributed by atoms with E-state index in [1.165, 1.54) is 22.3 Å². The average Bonchev–Trinajstić information content (AvgIpc) is 2.24. The smallest absolute Gasteiger partial charge is 0.140 e. The molecule has 1 aliphatic rings. The van der Waals surface area contributed by atoms with Gasteiger partial charge in [-0.05, 0) is 48.9 Å². The predicted molar refractivity (Wildman–Crippen MR) is 67.3 cm³/mol. The molecule has 0 heterocycles. The quantitative estimate of drug-likeness (QED) is 0.695. The number of benzene rings is 1. The molecular weight excluding hydrogens is 212 g/mol. The van der Waals surface area contributed by atoms with Crippen LogP contribution in [0.4, 0.5) is 0 Å². The third kappa shape index (κ3) is 2.31. The van der Waals surface area contributed by atoms with Crippen LogP contribution in [0.15, 0.2) is 12.1 Å². The summed E-state index contributed by atoms with van der Waals surface area (Å²) in [7, 11) is 0. The summed E-state index contributed by atoms with van der Waals surface area (Å²) in [6, 6.07) is 4.16. The SMILES string of the molecule is Cc1ccc(C2CC(=O)CC(=O)C2)c(C)c1C. The van der Waals surface area contributed by atoms with Crippen molar-refractivity contribution in [1.82, 2.24) is 0 Å². The molecule has 0 spiro atoms. The monoisotopic (exact) mass is 230 g/mol. The summed E-state index contributed by atoms with van der Waals surface area (Å²) in [6.07, 6.45) is 1.19. The van der Waals surface area contributed by atoms with E-state index in [-0.39, 0.29) is 23.9 Å². The summed E-state index contributed by atoms with van der Waals surface area (Å²) in [6.45, 7) is 6.27. The Morgan fingerprint density at radius 3 is 2.12 bits per heavy atom. The van der Waals surface area contributed by atoms with Crippen LogP contribution in [0, 0.1) is 20.8 Å². The molecule has 2 nitrogen and oxygen atoms in total. The zero-order chi connectivity index (χ0) is 12.6. The molecule has 2 heteroatoms. The topological polar surface area (TPSA) is 34.1 Å². The Labute approximate surface area is 102 Å². The van der Waals surface area contributed by atoms with Gasteiger partial charge in [-0.3, -0.25) is 9.59 Å². The van der Waals surface area contributed by atoms with Crippen LogP contribution in [0.1, 0.15) is 47.4 Å². The highest BCUT2D eigenvalue weighted by Crippen LogP contribution is 2.33. The summed E-state index contributed by atoms with van der Waals surface area (Å²) < 4.78 is 0. The molecule has 0 aliphatic heterocycles. The molecular formula is C15H18O2. The fraction of sp³-hybridized carbons (Fsp3) is 0.467. The van der Waals surface area contributed by atoms with Gasteiger partial charge in [-0.1, -0.05) is 12.1 Å². The van der Waals surface area contributed by atoms with E-state index in [1.807, 2.05) is 0 Å². The lowest BCUT2D eigenvalue weighted by molar-refractivity contribution is -0.130. The van der Waals surface area contributed by atoms with Crippen LogP contribution in [-0.4, -0.2) is 11.6 Å². The van der Waals surface area contributed by atoms with Gasteiger partial charge in [0.05, 0.1) is 6.42 Å². The van der Waals surface area contributed by atoms with Crippen LogP contribution < -0.4 is 0 Å². The molecule has 1 fully saturated rings. The second kappa shape index (κ2) is 4.44. The van der Waals surface area contributed by atoms with Crippen molar-refractivity contribution in [2.24, 2.45) is 0 Å². The fourth-order valence-electron chi connectivity index (χ4n) is 2.63. The van der Waals surface area contributed by atoms with Crippen LogP contribution in [0.2, 0.25) is 0 Å². The van der Waals surface area contributed by atoms with Crippen LogP contribution in [0.25, 0.3) is 0 Å². The van der Waals surface area contributed by atoms with Crippen LogP contribution in [0.5, 0.6) is 0 Å². The maximum atomic E-state index is 11.5. The number of ketones is 2. The molecule has 0 bridgehead atoms. The molecule has 0 aromatic heterocycles. The molecule has 1 aliphatic carbocycles. The molecule has 0 radical (unpaired) electrons. The molecule has 0 saturated heterocycles. The first-order chi connectivity index (χ1) is 7.99. The molecule has 17 heavy (non-hydrogen) atoms. The number of carbonyl (C=O) groups is 2. The van der Waals surface area contributed by atoms with E-state index < -0.39 is 0 Å². The molecule has 1 saturated carbocycles. The van der Waals surface area contributed by atoms with Crippen molar-refractivity contribution in [2.45, 2.75) is 46.0 Å². The number of Topliss-reactive ketones (excluding diaryl/α,β-unsaturated/α-hetero) is 2. The van der Waals surface area contributed by atoms with Crippen LogP contribution in [-0.2, 0) is 9.59 Å². The van der Waals surface area contributed by atoms with Gasteiger partial charge in [-0.25, -0.2) is 0 Å². The highest BCUT2D eigenvalue weighted by molar-refractivity contribution is 6.02. The van der Waals surface area contributed by atoms with Crippen molar-refractivity contribution < 1.29 is 9.59 Å². The molecule has 1 aromatic rings. The minimum atomic E-state index is 0.0869. The van der Waals surface area contributed by atoms with Crippen molar-refractivity contribution in [2.75, 3.05) is 0 Å². The summed E-state index contributed by atoms with van der Waals surface area (Å²) >= 11 is 0. The third-order valence-electron chi connectivity index (χ3n) is 3.88. The fourth-order valence-corrected chi connectivity index (χ4v) is 2.63. The first-order valence-electron chi connectivity index (χ1n) is 6.09. The zero-order valence-electron chi connectivity index (χ0n) is 10.7. The number of hydrogen-bond acceptors (Lipinski definition) is 2. The lowest BCUT2D eigenvalue weighted by Gasteiger charge is -2.23. The van der Waals surface area contributed by atoms with Crippen molar-refractivity contribution in [3.63, 3.8) is 0 Å². The molecule has 90 valence electrons. The van der Waals surface area contributed by atoms with Gasteiger partial charge in [0.1, 0.15) is 11.6 Å². The van der Waals surface area contributed by atoms with E-state index in [4.69, 9.17) is 0 Å². The van der Waals surface area contributed by atoms with Gasteiger partial charge in [0.25, 0.3) is 0 Å². The molecule has 0 unspecified atom stereocenters. The highest BCUT2D eigenvalue weighted by Gasteiger charge is 2.27. The van der Waals surface area contributed by atoms with E-state index in [9.17, 15) is 9.59 Å². The largest absolute Gasteiger partial charge is 0.299 e. The minimum absolute atomic E-state index is 0.0869. The maximum absolute atomic E-state index is 11.5. The Hall–Kier alpha value is -1.44. The van der Waals surface area contributed by atoms with Crippen molar-refractivity contribution in [3.8, 4) is 0 Å². The number of carbonyl (C=O) groups excluding carboxylic acids is 2. The molecule has 2 rings (SSSR count). The number of hydrogen-bond donors (Lipinski definition) is 0. The van der Waals surface area contributed by atoms with Gasteiger partial charge >= 0.3 is 0 Å². The van der Waals surface area contributed by atoms with Crippen LogP contribution in [0.3, 0.4) is 0 Å². The Morgan fingerprint density at radius 2 is 1.53 bits per heavy atom. The highest BCUT2D eigenvalue weighted by atomic mass is 16.1. The predicted octanol–water partition coefficient (Wildman–Crippen LogP) is 3.02. The summed E-state index contributed by atoms with van der Waals surface area (Å²) in [5.41, 5.74) is 4.94. The van der Waals surface area contributed by atoms with Gasteiger partial charge < -0.3 is 0 Å². The first kappa shape index (κ1) is 12.0. The van der Waals surface area contributed by atoms with Crippen LogP contribution >= 0.6 is 0 Å². The van der Waals surface area contributed by atoms with E-state index in [0.29, 0.717) is 12.8 Å². The Bertz CT molecular complexity index is 470. The standard InChI is InChI=1S/C15H18O2/c1-9-4-5-15(11(3)10(9)2)12-6-13(16)8-14(17)7-12/h4-5,12H,6-8H2,1-3H3. The minimum Gasteiger partial charge on any atom is -0.299 e. The van der Waals surface area contributed by atoms with E-state index in [1.54, 1.807) is 0 Å². The second-order valence-corrected chi connectivity index (χ2v) is 5.08. The Kier molecular flexibility index (Phi) is 3.14. The van der Waals surface area contributed by atoms with Crippen molar-refractivity contribution in [3.05, 3.63) is 34.4 Å². The van der Waals surface area contributed by atoms with Crippen molar-refractivity contribution in [1.29, 1.82) is 0 Å². The second-order valence-electron chi connectivity index (χ2n) is 5.08. The van der Waals surface area contributed by atoms with E-state index in [2.05, 4.69) is 32.9 Å². The molecule has 0 amide bonds. The molecule has 0 N–H and O–H groups in total. The first-order valence-corrected chi connectivity index (χ1v) is 6.09. The van der Waals surface area contributed by atoms with Gasteiger partial charge in [0, 0.05) is 12.8 Å². The Balaban J connectivity index is 2.37. The lowest BCUT2D eigenvalue weighted by Crippen LogP contribution is -2.22. The van der Waals surface area contributed by atoms with E-state index >= 15 is 0 Å². The third-order valence-corrected chi connectivity index (χ3v) is 3.88. The normalized spacial score (nSPS) is 17.6. The zero-order valence-corrected chi connectivity index (χ0v) is 10.7. The Morgan fingerprint density at radius 1 is 0.941 bits per heavy atom. The lowest BCUT2D eigenvalue weighted by atomic mass is 9.80. The van der Waals surface area contributed by atoms with Gasteiger partial charge in [-0.2, -0.15) is 0 Å². The molecule has 0 atom stereocenters. The summed E-state index contributed by atoms with van der Waals surface area (Å²) in [4.78, 5) is 23.0. The summed E-state index contributed by atoms with van der Waals surface area (Å²) in [5.74, 6) is 0.274. The van der Waals surface area contributed by atoms with E-state index in [0.717, 1.165) is 0 Å². The average molecular weight is 230 g/mol. The molecule has 1 aromatic carbocycles.